The molecule has 0 saturated carbocycles. The normalized spacial score (nSPS) is 12.6. The number of benzene rings is 1. The van der Waals surface area contributed by atoms with Gasteiger partial charge in [-0.05, 0) is 18.9 Å². The van der Waals surface area contributed by atoms with E-state index in [1.807, 2.05) is 18.2 Å². The van der Waals surface area contributed by atoms with Crippen LogP contribution in [-0.2, 0) is 16.0 Å². The molecule has 0 radical (unpaired) electrons. The summed E-state index contributed by atoms with van der Waals surface area (Å²) < 4.78 is 4.83. The lowest BCUT2D eigenvalue weighted by atomic mass is 10.0. The van der Waals surface area contributed by atoms with Crippen LogP contribution >= 0.6 is 0 Å². The Morgan fingerprint density at radius 1 is 1.44 bits per heavy atom. The summed E-state index contributed by atoms with van der Waals surface area (Å²) in [5, 5.41) is 10.8. The van der Waals surface area contributed by atoms with Gasteiger partial charge in [0.2, 0.25) is 0 Å². The smallest absolute Gasteiger partial charge is 0.339 e. The Hall–Kier alpha value is -1.81. The van der Waals surface area contributed by atoms with Crippen LogP contribution in [0.3, 0.4) is 0 Å². The van der Waals surface area contributed by atoms with Gasteiger partial charge in [0.05, 0.1) is 6.61 Å². The molecule has 0 bridgehead atoms. The number of aromatic amines is 1. The number of aromatic nitrogens is 1. The maximum atomic E-state index is 11.6. The maximum absolute atomic E-state index is 11.6. The van der Waals surface area contributed by atoms with Crippen molar-refractivity contribution in [2.24, 2.45) is 0 Å². The van der Waals surface area contributed by atoms with Crippen LogP contribution in [0.15, 0.2) is 24.4 Å². The van der Waals surface area contributed by atoms with E-state index in [1.165, 1.54) is 0 Å². The molecule has 2 aromatic rings. The summed E-state index contributed by atoms with van der Waals surface area (Å²) >= 11 is 0. The molecule has 18 heavy (non-hydrogen) atoms. The molecule has 0 amide bonds. The van der Waals surface area contributed by atoms with Crippen molar-refractivity contribution in [3.63, 3.8) is 0 Å². The average Bonchev–Trinajstić information content (AvgIpc) is 2.81. The molecule has 0 aliphatic heterocycles. The molecule has 1 atom stereocenters. The van der Waals surface area contributed by atoms with E-state index < -0.39 is 12.1 Å². The number of nitrogens with one attached hydrogen (secondary N) is 1. The van der Waals surface area contributed by atoms with E-state index in [9.17, 15) is 9.90 Å². The van der Waals surface area contributed by atoms with Crippen molar-refractivity contribution in [2.75, 3.05) is 6.61 Å². The highest BCUT2D eigenvalue weighted by molar-refractivity contribution is 5.90. The number of para-hydroxylation sites is 1. The summed E-state index contributed by atoms with van der Waals surface area (Å²) in [7, 11) is 0. The van der Waals surface area contributed by atoms with Gasteiger partial charge in [0.25, 0.3) is 0 Å². The lowest BCUT2D eigenvalue weighted by Gasteiger charge is -2.08. The van der Waals surface area contributed by atoms with Crippen molar-refractivity contribution in [2.45, 2.75) is 26.4 Å². The Morgan fingerprint density at radius 2 is 2.22 bits per heavy atom. The SMILES string of the molecule is CCOC(=O)C(O)c1c[nH]c2c(CC)cccc12. The van der Waals surface area contributed by atoms with Gasteiger partial charge in [-0.15, -0.1) is 0 Å². The molecule has 1 heterocycles. The van der Waals surface area contributed by atoms with Crippen LogP contribution in [-0.4, -0.2) is 22.7 Å². The van der Waals surface area contributed by atoms with Crippen molar-refractivity contribution in [1.82, 2.24) is 4.98 Å². The van der Waals surface area contributed by atoms with Crippen molar-refractivity contribution in [3.8, 4) is 0 Å². The summed E-state index contributed by atoms with van der Waals surface area (Å²) in [5.74, 6) is -0.611. The number of fused-ring (bicyclic) bond motifs is 1. The van der Waals surface area contributed by atoms with Crippen LogP contribution in [0.1, 0.15) is 31.1 Å². The monoisotopic (exact) mass is 247 g/mol. The van der Waals surface area contributed by atoms with Gasteiger partial charge in [0, 0.05) is 22.7 Å². The summed E-state index contributed by atoms with van der Waals surface area (Å²) in [6.07, 6.45) is 1.34. The first kappa shape index (κ1) is 12.6. The van der Waals surface area contributed by atoms with Gasteiger partial charge in [-0.1, -0.05) is 25.1 Å². The molecule has 0 spiro atoms. The number of hydrogen-bond donors (Lipinski definition) is 2. The van der Waals surface area contributed by atoms with Crippen LogP contribution in [0, 0.1) is 0 Å². The van der Waals surface area contributed by atoms with E-state index in [1.54, 1.807) is 13.1 Å². The summed E-state index contributed by atoms with van der Waals surface area (Å²) in [5.41, 5.74) is 2.70. The third-order valence-electron chi connectivity index (χ3n) is 3.02. The van der Waals surface area contributed by atoms with Gasteiger partial charge in [-0.2, -0.15) is 0 Å². The Labute approximate surface area is 106 Å². The number of rotatable bonds is 4. The minimum absolute atomic E-state index is 0.262. The van der Waals surface area contributed by atoms with E-state index in [0.29, 0.717) is 5.56 Å². The fourth-order valence-electron chi connectivity index (χ4n) is 2.11. The van der Waals surface area contributed by atoms with Gasteiger partial charge in [0.1, 0.15) is 0 Å². The lowest BCUT2D eigenvalue weighted by Crippen LogP contribution is -2.14. The van der Waals surface area contributed by atoms with E-state index in [2.05, 4.69) is 11.9 Å². The highest BCUT2D eigenvalue weighted by atomic mass is 16.5. The van der Waals surface area contributed by atoms with Crippen LogP contribution < -0.4 is 0 Å². The molecular weight excluding hydrogens is 230 g/mol. The highest BCUT2D eigenvalue weighted by Crippen LogP contribution is 2.27. The Morgan fingerprint density at radius 3 is 2.89 bits per heavy atom. The number of aliphatic hydroxyl groups is 1. The number of carbonyl (C=O) groups is 1. The summed E-state index contributed by atoms with van der Waals surface area (Å²) in [6, 6.07) is 5.85. The predicted molar refractivity (Wildman–Crippen MR) is 69.3 cm³/mol. The zero-order valence-electron chi connectivity index (χ0n) is 10.6. The Balaban J connectivity index is 2.43. The molecule has 1 unspecified atom stereocenters. The third-order valence-corrected chi connectivity index (χ3v) is 3.02. The second-order valence-electron chi connectivity index (χ2n) is 4.09. The maximum Gasteiger partial charge on any atom is 0.339 e. The van der Waals surface area contributed by atoms with Gasteiger partial charge in [-0.3, -0.25) is 0 Å². The number of aryl methyl sites for hydroxylation is 1. The van der Waals surface area contributed by atoms with Gasteiger partial charge >= 0.3 is 5.97 Å². The van der Waals surface area contributed by atoms with Gasteiger partial charge in [-0.25, -0.2) is 4.79 Å². The topological polar surface area (TPSA) is 62.3 Å². The minimum Gasteiger partial charge on any atom is -0.464 e. The van der Waals surface area contributed by atoms with E-state index in [-0.39, 0.29) is 6.61 Å². The molecule has 1 aromatic heterocycles. The van der Waals surface area contributed by atoms with Crippen LogP contribution in [0.5, 0.6) is 0 Å². The van der Waals surface area contributed by atoms with E-state index in [4.69, 9.17) is 4.74 Å². The Bertz CT molecular complexity index is 559. The number of hydrogen-bond acceptors (Lipinski definition) is 3. The van der Waals surface area contributed by atoms with Crippen molar-refractivity contribution in [3.05, 3.63) is 35.5 Å². The molecule has 96 valence electrons. The number of esters is 1. The molecule has 2 rings (SSSR count). The van der Waals surface area contributed by atoms with Gasteiger partial charge in [0.15, 0.2) is 6.10 Å². The number of H-pyrrole nitrogens is 1. The van der Waals surface area contributed by atoms with Crippen molar-refractivity contribution >= 4 is 16.9 Å². The highest BCUT2D eigenvalue weighted by Gasteiger charge is 2.22. The van der Waals surface area contributed by atoms with Crippen LogP contribution in [0.2, 0.25) is 0 Å². The summed E-state index contributed by atoms with van der Waals surface area (Å²) in [6.45, 7) is 4.05. The first-order chi connectivity index (χ1) is 8.69. The quantitative estimate of drug-likeness (QED) is 0.815. The predicted octanol–water partition coefficient (Wildman–Crippen LogP) is 2.33. The molecule has 0 saturated heterocycles. The van der Waals surface area contributed by atoms with E-state index >= 15 is 0 Å². The number of ether oxygens (including phenoxy) is 1. The molecule has 2 N–H and O–H groups in total. The third kappa shape index (κ3) is 2.11. The van der Waals surface area contributed by atoms with Crippen LogP contribution in [0.4, 0.5) is 0 Å². The number of aliphatic hydroxyl groups excluding tert-OH is 1. The van der Waals surface area contributed by atoms with Gasteiger partial charge < -0.3 is 14.8 Å². The van der Waals surface area contributed by atoms with Crippen LogP contribution in [0.25, 0.3) is 10.9 Å². The fraction of sp³-hybridized carbons (Fsp3) is 0.357. The first-order valence-corrected chi connectivity index (χ1v) is 6.12. The standard InChI is InChI=1S/C14H17NO3/c1-3-9-6-5-7-10-11(8-15-12(9)10)13(16)14(17)18-4-2/h5-8,13,15-16H,3-4H2,1-2H3. The lowest BCUT2D eigenvalue weighted by molar-refractivity contribution is -0.153. The van der Waals surface area contributed by atoms with E-state index in [0.717, 1.165) is 22.9 Å². The Kier molecular flexibility index (Phi) is 3.67. The molecule has 4 nitrogen and oxygen atoms in total. The van der Waals surface area contributed by atoms with Crippen molar-refractivity contribution in [1.29, 1.82) is 0 Å². The zero-order valence-corrected chi connectivity index (χ0v) is 10.6. The number of carbonyl (C=O) groups excluding carboxylic acids is 1. The zero-order chi connectivity index (χ0) is 13.1. The second-order valence-corrected chi connectivity index (χ2v) is 4.09. The molecule has 0 fully saturated rings. The first-order valence-electron chi connectivity index (χ1n) is 6.12. The second kappa shape index (κ2) is 5.23. The molecule has 0 aliphatic carbocycles. The molecule has 1 aromatic carbocycles. The van der Waals surface area contributed by atoms with Crippen molar-refractivity contribution < 1.29 is 14.6 Å². The minimum atomic E-state index is -1.23. The fourth-order valence-corrected chi connectivity index (χ4v) is 2.11. The summed E-state index contributed by atoms with van der Waals surface area (Å²) in [4.78, 5) is 14.7. The average molecular weight is 247 g/mol. The molecular formula is C14H17NO3. The molecule has 4 heteroatoms. The molecule has 0 aliphatic rings. The largest absolute Gasteiger partial charge is 0.464 e.